The summed E-state index contributed by atoms with van der Waals surface area (Å²) in [6.45, 7) is 2.29. The van der Waals surface area contributed by atoms with Gasteiger partial charge in [0.2, 0.25) is 0 Å². The Morgan fingerprint density at radius 3 is 2.48 bits per heavy atom. The standard InChI is InChI=1S/C22H25ClN2O5S/c1-4-30-21-11-14(5-10-20(21)29-2)19(13-31(3,27)28)25-17-9-6-15(23)12-18(17)24(22(25)26)16-7-8-16/h5-6,9-12,16,19H,4,7-8,13H2,1-3H3/t19-/m0/s1. The predicted octanol–water partition coefficient (Wildman–Crippen LogP) is 3.83. The van der Waals surface area contributed by atoms with Crippen molar-refractivity contribution in [1.29, 1.82) is 0 Å². The van der Waals surface area contributed by atoms with Crippen LogP contribution in [0.25, 0.3) is 11.0 Å². The van der Waals surface area contributed by atoms with Crippen molar-refractivity contribution in [3.63, 3.8) is 0 Å². The van der Waals surface area contributed by atoms with Crippen LogP contribution < -0.4 is 15.2 Å². The fraction of sp³-hybridized carbons (Fsp3) is 0.409. The molecule has 0 spiro atoms. The number of fused-ring (bicyclic) bond motifs is 1. The van der Waals surface area contributed by atoms with Crippen LogP contribution in [-0.2, 0) is 9.84 Å². The van der Waals surface area contributed by atoms with Crippen molar-refractivity contribution in [3.05, 3.63) is 57.5 Å². The maximum absolute atomic E-state index is 13.5. The van der Waals surface area contributed by atoms with E-state index in [2.05, 4.69) is 0 Å². The van der Waals surface area contributed by atoms with Gasteiger partial charge in [-0.15, -0.1) is 0 Å². The fourth-order valence-corrected chi connectivity index (χ4v) is 5.06. The minimum absolute atomic E-state index is 0.114. The number of halogens is 1. The van der Waals surface area contributed by atoms with Gasteiger partial charge in [0.1, 0.15) is 9.84 Å². The van der Waals surface area contributed by atoms with E-state index in [0.717, 1.165) is 18.4 Å². The third kappa shape index (κ3) is 4.32. The van der Waals surface area contributed by atoms with E-state index < -0.39 is 15.9 Å². The zero-order chi connectivity index (χ0) is 22.3. The van der Waals surface area contributed by atoms with Crippen LogP contribution in [0.1, 0.15) is 37.4 Å². The Morgan fingerprint density at radius 1 is 1.13 bits per heavy atom. The van der Waals surface area contributed by atoms with Gasteiger partial charge >= 0.3 is 5.69 Å². The topological polar surface area (TPSA) is 79.5 Å². The SMILES string of the molecule is CCOc1cc([C@H](CS(C)(=O)=O)n2c(=O)n(C3CC3)c3cc(Cl)ccc32)ccc1OC. The molecule has 1 atom stereocenters. The minimum Gasteiger partial charge on any atom is -0.493 e. The molecular formula is C22H25ClN2O5S. The number of hydrogen-bond donors (Lipinski definition) is 0. The van der Waals surface area contributed by atoms with Gasteiger partial charge < -0.3 is 9.47 Å². The largest absolute Gasteiger partial charge is 0.493 e. The highest BCUT2D eigenvalue weighted by atomic mass is 35.5. The first-order valence-corrected chi connectivity index (χ1v) is 12.6. The zero-order valence-electron chi connectivity index (χ0n) is 17.7. The first kappa shape index (κ1) is 21.8. The summed E-state index contributed by atoms with van der Waals surface area (Å²) in [6, 6.07) is 9.91. The van der Waals surface area contributed by atoms with E-state index >= 15 is 0 Å². The molecule has 1 aliphatic carbocycles. The van der Waals surface area contributed by atoms with Gasteiger partial charge in [-0.25, -0.2) is 13.2 Å². The van der Waals surface area contributed by atoms with Crippen LogP contribution in [0.3, 0.4) is 0 Å². The van der Waals surface area contributed by atoms with E-state index in [-0.39, 0.29) is 17.5 Å². The van der Waals surface area contributed by atoms with Crippen LogP contribution in [0.5, 0.6) is 11.5 Å². The highest BCUT2D eigenvalue weighted by molar-refractivity contribution is 7.90. The summed E-state index contributed by atoms with van der Waals surface area (Å²) >= 11 is 6.22. The Balaban J connectivity index is 1.97. The van der Waals surface area contributed by atoms with Crippen LogP contribution in [0.15, 0.2) is 41.2 Å². The normalized spacial score (nSPS) is 15.2. The molecule has 1 aliphatic rings. The summed E-state index contributed by atoms with van der Waals surface area (Å²) in [6.07, 6.45) is 3.01. The molecule has 1 fully saturated rings. The maximum atomic E-state index is 13.5. The Bertz CT molecular complexity index is 1290. The van der Waals surface area contributed by atoms with Crippen molar-refractivity contribution in [1.82, 2.24) is 9.13 Å². The second-order valence-corrected chi connectivity index (χ2v) is 10.5. The van der Waals surface area contributed by atoms with Crippen molar-refractivity contribution >= 4 is 32.5 Å². The Labute approximate surface area is 186 Å². The lowest BCUT2D eigenvalue weighted by molar-refractivity contribution is 0.310. The molecule has 1 heterocycles. The van der Waals surface area contributed by atoms with Crippen molar-refractivity contribution in [2.75, 3.05) is 25.7 Å². The van der Waals surface area contributed by atoms with Crippen molar-refractivity contribution in [2.24, 2.45) is 0 Å². The summed E-state index contributed by atoms with van der Waals surface area (Å²) in [5.74, 6) is 0.822. The molecule has 0 amide bonds. The Kier molecular flexibility index (Phi) is 5.79. The van der Waals surface area contributed by atoms with E-state index in [1.807, 2.05) is 6.92 Å². The highest BCUT2D eigenvalue weighted by Crippen LogP contribution is 2.38. The average molecular weight is 465 g/mol. The lowest BCUT2D eigenvalue weighted by Gasteiger charge is -2.20. The second-order valence-electron chi connectivity index (χ2n) is 7.84. The summed E-state index contributed by atoms with van der Waals surface area (Å²) in [4.78, 5) is 13.5. The highest BCUT2D eigenvalue weighted by Gasteiger charge is 2.32. The molecule has 0 unspecified atom stereocenters. The number of sulfone groups is 1. The molecule has 0 radical (unpaired) electrons. The first-order valence-electron chi connectivity index (χ1n) is 10.1. The quantitative estimate of drug-likeness (QED) is 0.506. The molecule has 0 saturated heterocycles. The molecule has 0 aliphatic heterocycles. The van der Waals surface area contributed by atoms with Gasteiger partial charge in [0.05, 0.1) is 36.5 Å². The zero-order valence-corrected chi connectivity index (χ0v) is 19.2. The molecule has 1 aromatic heterocycles. The van der Waals surface area contributed by atoms with E-state index in [4.69, 9.17) is 21.1 Å². The number of imidazole rings is 1. The Hall–Kier alpha value is -2.45. The molecule has 0 N–H and O–H groups in total. The predicted molar refractivity (Wildman–Crippen MR) is 121 cm³/mol. The maximum Gasteiger partial charge on any atom is 0.329 e. The second kappa shape index (κ2) is 8.24. The third-order valence-corrected chi connectivity index (χ3v) is 6.58. The first-order chi connectivity index (χ1) is 14.7. The smallest absolute Gasteiger partial charge is 0.329 e. The van der Waals surface area contributed by atoms with E-state index in [0.29, 0.717) is 34.2 Å². The molecule has 3 aromatic rings. The van der Waals surface area contributed by atoms with Gasteiger partial charge in [0.15, 0.2) is 11.5 Å². The summed E-state index contributed by atoms with van der Waals surface area (Å²) in [5, 5.41) is 0.529. The number of benzene rings is 2. The van der Waals surface area contributed by atoms with Gasteiger partial charge in [0, 0.05) is 17.3 Å². The molecular weight excluding hydrogens is 440 g/mol. The van der Waals surface area contributed by atoms with E-state index in [1.54, 1.807) is 52.6 Å². The lowest BCUT2D eigenvalue weighted by Crippen LogP contribution is -2.31. The molecule has 4 rings (SSSR count). The van der Waals surface area contributed by atoms with Gasteiger partial charge in [0.25, 0.3) is 0 Å². The van der Waals surface area contributed by atoms with Crippen molar-refractivity contribution in [3.8, 4) is 11.5 Å². The van der Waals surface area contributed by atoms with Crippen LogP contribution in [-0.4, -0.2) is 43.3 Å². The number of methoxy groups -OCH3 is 1. The fourth-order valence-electron chi connectivity index (χ4n) is 3.98. The molecule has 0 bridgehead atoms. The molecule has 9 heteroatoms. The van der Waals surface area contributed by atoms with Crippen LogP contribution >= 0.6 is 11.6 Å². The monoisotopic (exact) mass is 464 g/mol. The molecule has 2 aromatic carbocycles. The van der Waals surface area contributed by atoms with Gasteiger partial charge in [-0.3, -0.25) is 9.13 Å². The minimum atomic E-state index is -3.42. The number of ether oxygens (including phenoxy) is 2. The van der Waals surface area contributed by atoms with Crippen molar-refractivity contribution in [2.45, 2.75) is 31.8 Å². The molecule has 1 saturated carbocycles. The lowest BCUT2D eigenvalue weighted by atomic mass is 10.1. The number of nitrogens with zero attached hydrogens (tertiary/aromatic N) is 2. The molecule has 31 heavy (non-hydrogen) atoms. The Morgan fingerprint density at radius 2 is 1.87 bits per heavy atom. The van der Waals surface area contributed by atoms with Gasteiger partial charge in [-0.1, -0.05) is 17.7 Å². The van der Waals surface area contributed by atoms with E-state index in [9.17, 15) is 13.2 Å². The number of aromatic nitrogens is 2. The van der Waals surface area contributed by atoms with Gasteiger partial charge in [-0.2, -0.15) is 0 Å². The van der Waals surface area contributed by atoms with E-state index in [1.165, 1.54) is 6.26 Å². The van der Waals surface area contributed by atoms with Crippen LogP contribution in [0.4, 0.5) is 0 Å². The molecule has 7 nitrogen and oxygen atoms in total. The number of rotatable bonds is 8. The number of hydrogen-bond acceptors (Lipinski definition) is 5. The van der Waals surface area contributed by atoms with Crippen molar-refractivity contribution < 1.29 is 17.9 Å². The summed E-state index contributed by atoms with van der Waals surface area (Å²) in [5.41, 5.74) is 1.80. The summed E-state index contributed by atoms with van der Waals surface area (Å²) in [7, 11) is -1.87. The van der Waals surface area contributed by atoms with Gasteiger partial charge in [-0.05, 0) is 55.7 Å². The summed E-state index contributed by atoms with van der Waals surface area (Å²) < 4.78 is 39.1. The molecule has 166 valence electrons. The average Bonchev–Trinajstić information content (AvgIpc) is 3.49. The third-order valence-electron chi connectivity index (χ3n) is 5.43. The van der Waals surface area contributed by atoms with Crippen LogP contribution in [0.2, 0.25) is 5.02 Å². The van der Waals surface area contributed by atoms with Crippen LogP contribution in [0, 0.1) is 0 Å².